The Morgan fingerprint density at radius 3 is 2.90 bits per heavy atom. The lowest BCUT2D eigenvalue weighted by atomic mass is 10.2. The summed E-state index contributed by atoms with van der Waals surface area (Å²) in [6.45, 7) is 4.34. The van der Waals surface area contributed by atoms with E-state index < -0.39 is 6.04 Å². The van der Waals surface area contributed by atoms with Crippen molar-refractivity contribution in [2.75, 3.05) is 18.9 Å². The molecule has 0 spiro atoms. The van der Waals surface area contributed by atoms with E-state index in [9.17, 15) is 9.59 Å². The second-order valence-corrected chi connectivity index (χ2v) is 5.05. The lowest BCUT2D eigenvalue weighted by Gasteiger charge is -2.21. The Bertz CT molecular complexity index is 591. The summed E-state index contributed by atoms with van der Waals surface area (Å²) in [4.78, 5) is 25.5. The van der Waals surface area contributed by atoms with Crippen LogP contribution < -0.4 is 10.9 Å². The van der Waals surface area contributed by atoms with Crippen LogP contribution in [0, 0.1) is 12.3 Å². The highest BCUT2D eigenvalue weighted by atomic mass is 79.9. The van der Waals surface area contributed by atoms with Gasteiger partial charge in [0.15, 0.2) is 0 Å². The maximum Gasteiger partial charge on any atom is 0.284 e. The number of carbonyl (C=O) groups excluding carboxylic acids is 1. The van der Waals surface area contributed by atoms with E-state index in [0.29, 0.717) is 16.7 Å². The summed E-state index contributed by atoms with van der Waals surface area (Å²) < 4.78 is 1.47. The molecular weight excluding hydrogens is 324 g/mol. The first-order chi connectivity index (χ1) is 9.42. The van der Waals surface area contributed by atoms with Gasteiger partial charge in [-0.2, -0.15) is 5.10 Å². The van der Waals surface area contributed by atoms with Crippen LogP contribution in [-0.4, -0.2) is 40.2 Å². The molecule has 0 aliphatic carbocycles. The number of hydrogen-bond donors (Lipinski definition) is 1. The molecule has 108 valence electrons. The standard InChI is InChI=1S/C13H17BrN4O2/c1-5-7-18-13(20)11(14)10(8-15-18)16-9(3)12(19)17(4)6-2/h1,8-9,16H,6-7H2,2-4H3. The highest BCUT2D eigenvalue weighted by Crippen LogP contribution is 2.17. The molecule has 0 fully saturated rings. The predicted molar refractivity (Wildman–Crippen MR) is 81.4 cm³/mol. The Kier molecular flexibility index (Phi) is 5.77. The molecule has 0 saturated carbocycles. The molecule has 1 heterocycles. The van der Waals surface area contributed by atoms with Crippen LogP contribution in [0.25, 0.3) is 0 Å². The van der Waals surface area contributed by atoms with Crippen LogP contribution in [0.3, 0.4) is 0 Å². The van der Waals surface area contributed by atoms with E-state index in [4.69, 9.17) is 6.42 Å². The number of hydrogen-bond acceptors (Lipinski definition) is 4. The number of carbonyl (C=O) groups is 1. The monoisotopic (exact) mass is 340 g/mol. The Balaban J connectivity index is 2.95. The molecule has 1 aromatic heterocycles. The van der Waals surface area contributed by atoms with E-state index in [0.717, 1.165) is 0 Å². The highest BCUT2D eigenvalue weighted by molar-refractivity contribution is 9.10. The van der Waals surface area contributed by atoms with Crippen LogP contribution in [0.1, 0.15) is 13.8 Å². The fraction of sp³-hybridized carbons (Fsp3) is 0.462. The molecule has 20 heavy (non-hydrogen) atoms. The smallest absolute Gasteiger partial charge is 0.284 e. The van der Waals surface area contributed by atoms with Gasteiger partial charge < -0.3 is 10.2 Å². The Labute approximate surface area is 126 Å². The predicted octanol–water partition coefficient (Wildman–Crippen LogP) is 0.918. The van der Waals surface area contributed by atoms with Gasteiger partial charge in [0.25, 0.3) is 5.56 Å². The largest absolute Gasteiger partial charge is 0.372 e. The molecule has 1 amide bonds. The van der Waals surface area contributed by atoms with Gasteiger partial charge in [0, 0.05) is 13.6 Å². The number of terminal acetylenes is 1. The number of nitrogens with one attached hydrogen (secondary N) is 1. The van der Waals surface area contributed by atoms with Gasteiger partial charge in [-0.3, -0.25) is 9.59 Å². The molecule has 0 aliphatic rings. The first-order valence-electron chi connectivity index (χ1n) is 6.13. The molecule has 0 aliphatic heterocycles. The van der Waals surface area contributed by atoms with Gasteiger partial charge in [-0.15, -0.1) is 6.42 Å². The lowest BCUT2D eigenvalue weighted by molar-refractivity contribution is -0.130. The molecule has 1 rings (SSSR count). The Hall–Kier alpha value is -1.81. The second kappa shape index (κ2) is 7.10. The topological polar surface area (TPSA) is 67.2 Å². The van der Waals surface area contributed by atoms with Crippen molar-refractivity contribution in [3.63, 3.8) is 0 Å². The number of aromatic nitrogens is 2. The van der Waals surface area contributed by atoms with E-state index in [-0.39, 0.29) is 18.0 Å². The average molecular weight is 341 g/mol. The van der Waals surface area contributed by atoms with E-state index in [1.54, 1.807) is 18.9 Å². The third-order valence-electron chi connectivity index (χ3n) is 2.82. The summed E-state index contributed by atoms with van der Waals surface area (Å²) in [5.74, 6) is 2.29. The summed E-state index contributed by atoms with van der Waals surface area (Å²) in [5.41, 5.74) is 0.130. The number of anilines is 1. The SMILES string of the molecule is C#CCn1ncc(NC(C)C(=O)N(C)CC)c(Br)c1=O. The summed E-state index contributed by atoms with van der Waals surface area (Å²) in [5, 5.41) is 6.92. The highest BCUT2D eigenvalue weighted by Gasteiger charge is 2.18. The molecule has 1 unspecified atom stereocenters. The van der Waals surface area contributed by atoms with Crippen LogP contribution in [0.2, 0.25) is 0 Å². The number of rotatable bonds is 5. The summed E-state index contributed by atoms with van der Waals surface area (Å²) in [6, 6.07) is -0.457. The van der Waals surface area contributed by atoms with Gasteiger partial charge >= 0.3 is 0 Å². The molecular formula is C13H17BrN4O2. The summed E-state index contributed by atoms with van der Waals surface area (Å²) in [6.07, 6.45) is 6.63. The lowest BCUT2D eigenvalue weighted by Crippen LogP contribution is -2.39. The minimum absolute atomic E-state index is 0.0628. The van der Waals surface area contributed by atoms with Gasteiger partial charge in [0.05, 0.1) is 11.9 Å². The molecule has 7 heteroatoms. The normalized spacial score (nSPS) is 11.6. The first-order valence-corrected chi connectivity index (χ1v) is 6.92. The number of likely N-dealkylation sites (N-methyl/N-ethyl adjacent to an activating group) is 1. The van der Waals surface area contributed by atoms with Crippen molar-refractivity contribution >= 4 is 27.5 Å². The van der Waals surface area contributed by atoms with Crippen molar-refractivity contribution in [1.82, 2.24) is 14.7 Å². The number of nitrogens with zero attached hydrogens (tertiary/aromatic N) is 3. The number of halogens is 1. The third-order valence-corrected chi connectivity index (χ3v) is 3.59. The minimum Gasteiger partial charge on any atom is -0.372 e. The molecule has 1 aromatic rings. The van der Waals surface area contributed by atoms with Crippen LogP contribution in [-0.2, 0) is 11.3 Å². The van der Waals surface area contributed by atoms with E-state index in [1.165, 1.54) is 10.9 Å². The van der Waals surface area contributed by atoms with Gasteiger partial charge in [-0.25, -0.2) is 4.68 Å². The van der Waals surface area contributed by atoms with Crippen molar-refractivity contribution in [3.8, 4) is 12.3 Å². The minimum atomic E-state index is -0.457. The van der Waals surface area contributed by atoms with Crippen molar-refractivity contribution in [1.29, 1.82) is 0 Å². The van der Waals surface area contributed by atoms with Gasteiger partial charge in [0.2, 0.25) is 5.91 Å². The van der Waals surface area contributed by atoms with Crippen molar-refractivity contribution in [2.24, 2.45) is 0 Å². The van der Waals surface area contributed by atoms with Crippen LogP contribution >= 0.6 is 15.9 Å². The fourth-order valence-electron chi connectivity index (χ4n) is 1.55. The molecule has 0 bridgehead atoms. The van der Waals surface area contributed by atoms with Gasteiger partial charge in [0.1, 0.15) is 17.1 Å². The second-order valence-electron chi connectivity index (χ2n) is 4.26. The van der Waals surface area contributed by atoms with Gasteiger partial charge in [-0.05, 0) is 29.8 Å². The van der Waals surface area contributed by atoms with Crippen LogP contribution in [0.15, 0.2) is 15.5 Å². The van der Waals surface area contributed by atoms with Crippen molar-refractivity contribution in [3.05, 3.63) is 21.0 Å². The molecule has 0 radical (unpaired) electrons. The number of amides is 1. The van der Waals surface area contributed by atoms with Gasteiger partial charge in [-0.1, -0.05) is 5.92 Å². The molecule has 0 aromatic carbocycles. The quantitative estimate of drug-likeness (QED) is 0.809. The zero-order valence-electron chi connectivity index (χ0n) is 11.7. The van der Waals surface area contributed by atoms with E-state index >= 15 is 0 Å². The summed E-state index contributed by atoms with van der Waals surface area (Å²) in [7, 11) is 1.72. The first kappa shape index (κ1) is 16.2. The van der Waals surface area contributed by atoms with E-state index in [1.807, 2.05) is 6.92 Å². The Morgan fingerprint density at radius 1 is 1.70 bits per heavy atom. The maximum absolute atomic E-state index is 12.0. The molecule has 0 saturated heterocycles. The van der Waals surface area contributed by atoms with E-state index in [2.05, 4.69) is 32.3 Å². The van der Waals surface area contributed by atoms with Crippen LogP contribution in [0.5, 0.6) is 0 Å². The van der Waals surface area contributed by atoms with Crippen LogP contribution in [0.4, 0.5) is 5.69 Å². The zero-order chi connectivity index (χ0) is 15.3. The Morgan fingerprint density at radius 2 is 2.35 bits per heavy atom. The molecule has 1 N–H and O–H groups in total. The zero-order valence-corrected chi connectivity index (χ0v) is 13.3. The molecule has 1 atom stereocenters. The fourth-order valence-corrected chi connectivity index (χ4v) is 1.97. The van der Waals surface area contributed by atoms with Crippen molar-refractivity contribution < 1.29 is 4.79 Å². The summed E-state index contributed by atoms with van der Waals surface area (Å²) >= 11 is 3.20. The molecule has 6 nitrogen and oxygen atoms in total. The third kappa shape index (κ3) is 3.61. The maximum atomic E-state index is 12.0. The van der Waals surface area contributed by atoms with Crippen molar-refractivity contribution in [2.45, 2.75) is 26.4 Å². The average Bonchev–Trinajstić information content (AvgIpc) is 2.45.